The Hall–Kier alpha value is -1.82. The second-order valence-electron chi connectivity index (χ2n) is 5.43. The smallest absolute Gasteiger partial charge is 0.239 e. The number of nitrogens with zero attached hydrogens (tertiary/aromatic N) is 3. The van der Waals surface area contributed by atoms with E-state index in [4.69, 9.17) is 0 Å². The first-order valence-corrected chi connectivity index (χ1v) is 8.21. The predicted molar refractivity (Wildman–Crippen MR) is 84.5 cm³/mol. The fourth-order valence-electron chi connectivity index (χ4n) is 2.73. The molecule has 0 bridgehead atoms. The summed E-state index contributed by atoms with van der Waals surface area (Å²) in [4.78, 5) is 18.6. The number of hydrogen-bond acceptors (Lipinski definition) is 4. The summed E-state index contributed by atoms with van der Waals surface area (Å²) in [5, 5.41) is 6.16. The van der Waals surface area contributed by atoms with Crippen LogP contribution in [0.3, 0.4) is 0 Å². The zero-order chi connectivity index (χ0) is 14.5. The summed E-state index contributed by atoms with van der Waals surface area (Å²) < 4.78 is 1.89. The van der Waals surface area contributed by atoms with Gasteiger partial charge in [-0.1, -0.05) is 0 Å². The lowest BCUT2D eigenvalue weighted by Gasteiger charge is -2.32. The molecule has 0 radical (unpaired) electrons. The van der Waals surface area contributed by atoms with Crippen molar-refractivity contribution in [3.63, 3.8) is 0 Å². The third-order valence-corrected chi connectivity index (χ3v) is 4.62. The van der Waals surface area contributed by atoms with Crippen molar-refractivity contribution in [2.75, 3.05) is 24.5 Å². The van der Waals surface area contributed by atoms with Crippen molar-refractivity contribution < 1.29 is 4.79 Å². The summed E-state index contributed by atoms with van der Waals surface area (Å²) >= 11 is 1.68. The molecule has 6 heteroatoms. The van der Waals surface area contributed by atoms with Crippen LogP contribution in [0.2, 0.25) is 0 Å². The average Bonchev–Trinajstić information content (AvgIpc) is 3.19. The van der Waals surface area contributed by atoms with Crippen LogP contribution in [-0.2, 0) is 11.3 Å². The molecule has 0 saturated carbocycles. The molecule has 3 heterocycles. The number of rotatable bonds is 5. The summed E-state index contributed by atoms with van der Waals surface area (Å²) in [5.74, 6) is 0.592. The Kier molecular flexibility index (Phi) is 4.55. The molecule has 1 aliphatic heterocycles. The van der Waals surface area contributed by atoms with Gasteiger partial charge >= 0.3 is 0 Å². The van der Waals surface area contributed by atoms with Crippen LogP contribution in [-0.4, -0.2) is 35.1 Å². The van der Waals surface area contributed by atoms with Crippen LogP contribution >= 0.6 is 11.3 Å². The van der Waals surface area contributed by atoms with Crippen LogP contribution in [0.5, 0.6) is 0 Å². The molecule has 1 fully saturated rings. The van der Waals surface area contributed by atoms with Crippen LogP contribution in [0.4, 0.5) is 5.13 Å². The molecule has 1 atom stereocenters. The first kappa shape index (κ1) is 14.1. The summed E-state index contributed by atoms with van der Waals surface area (Å²) in [5.41, 5.74) is 0. The molecule has 0 spiro atoms. The second kappa shape index (κ2) is 6.76. The Morgan fingerprint density at radius 1 is 1.43 bits per heavy atom. The molecular weight excluding hydrogens is 284 g/mol. The van der Waals surface area contributed by atoms with Crippen molar-refractivity contribution in [2.45, 2.75) is 19.4 Å². The maximum absolute atomic E-state index is 11.9. The van der Waals surface area contributed by atoms with Crippen molar-refractivity contribution in [3.05, 3.63) is 36.1 Å². The van der Waals surface area contributed by atoms with Gasteiger partial charge in [-0.2, -0.15) is 0 Å². The molecule has 112 valence electrons. The first-order valence-electron chi connectivity index (χ1n) is 7.33. The van der Waals surface area contributed by atoms with Crippen LogP contribution in [0.25, 0.3) is 0 Å². The number of anilines is 1. The number of carbonyl (C=O) groups is 1. The van der Waals surface area contributed by atoms with Gasteiger partial charge in [0.1, 0.15) is 6.54 Å². The maximum Gasteiger partial charge on any atom is 0.239 e. The van der Waals surface area contributed by atoms with Gasteiger partial charge in [0, 0.05) is 43.6 Å². The van der Waals surface area contributed by atoms with E-state index in [0.29, 0.717) is 12.5 Å². The van der Waals surface area contributed by atoms with Gasteiger partial charge in [0.15, 0.2) is 5.13 Å². The third kappa shape index (κ3) is 3.85. The molecule has 21 heavy (non-hydrogen) atoms. The number of carbonyl (C=O) groups excluding carboxylic acids is 1. The molecule has 1 N–H and O–H groups in total. The van der Waals surface area contributed by atoms with Crippen LogP contribution < -0.4 is 10.2 Å². The average molecular weight is 304 g/mol. The third-order valence-electron chi connectivity index (χ3n) is 3.79. The largest absolute Gasteiger partial charge is 0.354 e. The van der Waals surface area contributed by atoms with E-state index in [2.05, 4.69) is 15.2 Å². The van der Waals surface area contributed by atoms with E-state index < -0.39 is 0 Å². The van der Waals surface area contributed by atoms with Gasteiger partial charge in [-0.15, -0.1) is 11.3 Å². The second-order valence-corrected chi connectivity index (χ2v) is 6.30. The van der Waals surface area contributed by atoms with Crippen LogP contribution in [0.1, 0.15) is 12.8 Å². The molecule has 1 saturated heterocycles. The van der Waals surface area contributed by atoms with Crippen LogP contribution in [0.15, 0.2) is 36.1 Å². The molecule has 2 aromatic heterocycles. The van der Waals surface area contributed by atoms with Crippen molar-refractivity contribution in [1.29, 1.82) is 0 Å². The first-order chi connectivity index (χ1) is 10.3. The van der Waals surface area contributed by atoms with Crippen molar-refractivity contribution in [3.8, 4) is 0 Å². The van der Waals surface area contributed by atoms with Gasteiger partial charge in [-0.05, 0) is 30.9 Å². The molecule has 0 aliphatic carbocycles. The quantitative estimate of drug-likeness (QED) is 0.919. The van der Waals surface area contributed by atoms with Gasteiger partial charge in [-0.25, -0.2) is 4.98 Å². The van der Waals surface area contributed by atoms with Gasteiger partial charge in [0.2, 0.25) is 5.91 Å². The highest BCUT2D eigenvalue weighted by molar-refractivity contribution is 7.13. The van der Waals surface area contributed by atoms with E-state index in [9.17, 15) is 4.79 Å². The highest BCUT2D eigenvalue weighted by atomic mass is 32.1. The zero-order valence-electron chi connectivity index (χ0n) is 11.9. The fraction of sp³-hybridized carbons (Fsp3) is 0.467. The lowest BCUT2D eigenvalue weighted by molar-refractivity contribution is -0.121. The molecule has 2 aromatic rings. The SMILES string of the molecule is O=C(Cn1cccc1)NCC1CCCN(c2nccs2)C1. The number of amides is 1. The normalized spacial score (nSPS) is 18.7. The maximum atomic E-state index is 11.9. The van der Waals surface area contributed by atoms with E-state index in [1.807, 2.05) is 40.7 Å². The van der Waals surface area contributed by atoms with Gasteiger partial charge in [-0.3, -0.25) is 4.79 Å². The van der Waals surface area contributed by atoms with Gasteiger partial charge < -0.3 is 14.8 Å². The molecule has 3 rings (SSSR count). The number of aromatic nitrogens is 2. The minimum absolute atomic E-state index is 0.0811. The standard InChI is InChI=1S/C15H20N4OS/c20-14(12-18-6-1-2-7-18)17-10-13-4-3-8-19(11-13)15-16-5-9-21-15/h1-2,5-7,9,13H,3-4,8,10-12H2,(H,17,20). The molecule has 5 nitrogen and oxygen atoms in total. The van der Waals surface area contributed by atoms with Gasteiger partial charge in [0.25, 0.3) is 0 Å². The monoisotopic (exact) mass is 304 g/mol. The number of nitrogens with one attached hydrogen (secondary N) is 1. The predicted octanol–water partition coefficient (Wildman–Crippen LogP) is 1.98. The Morgan fingerprint density at radius 2 is 2.29 bits per heavy atom. The summed E-state index contributed by atoms with van der Waals surface area (Å²) in [6.45, 7) is 3.20. The molecule has 1 aliphatic rings. The molecular formula is C15H20N4OS. The minimum atomic E-state index is 0.0811. The molecule has 1 amide bonds. The van der Waals surface area contributed by atoms with E-state index in [1.54, 1.807) is 11.3 Å². The fourth-order valence-corrected chi connectivity index (χ4v) is 3.41. The van der Waals surface area contributed by atoms with E-state index >= 15 is 0 Å². The Morgan fingerprint density at radius 3 is 3.05 bits per heavy atom. The van der Waals surface area contributed by atoms with E-state index in [0.717, 1.165) is 31.2 Å². The van der Waals surface area contributed by atoms with Crippen molar-refractivity contribution in [2.24, 2.45) is 5.92 Å². The number of hydrogen-bond donors (Lipinski definition) is 1. The summed E-state index contributed by atoms with van der Waals surface area (Å²) in [7, 11) is 0. The van der Waals surface area contributed by atoms with Gasteiger partial charge in [0.05, 0.1) is 0 Å². The highest BCUT2D eigenvalue weighted by Gasteiger charge is 2.21. The number of piperidine rings is 1. The zero-order valence-corrected chi connectivity index (χ0v) is 12.8. The highest BCUT2D eigenvalue weighted by Crippen LogP contribution is 2.24. The Labute approximate surface area is 128 Å². The summed E-state index contributed by atoms with van der Waals surface area (Å²) in [6, 6.07) is 3.86. The lowest BCUT2D eigenvalue weighted by atomic mass is 9.98. The topological polar surface area (TPSA) is 50.2 Å². The molecule has 1 unspecified atom stereocenters. The summed E-state index contributed by atoms with van der Waals surface area (Å²) in [6.07, 6.45) is 8.00. The van der Waals surface area contributed by atoms with E-state index in [1.165, 1.54) is 6.42 Å². The van der Waals surface area contributed by atoms with Crippen molar-refractivity contribution in [1.82, 2.24) is 14.9 Å². The Bertz CT molecular complexity index is 552. The molecule has 0 aromatic carbocycles. The Balaban J connectivity index is 1.45. The number of thiazole rings is 1. The lowest BCUT2D eigenvalue weighted by Crippen LogP contribution is -2.41. The minimum Gasteiger partial charge on any atom is -0.354 e. The van der Waals surface area contributed by atoms with E-state index in [-0.39, 0.29) is 5.91 Å². The van der Waals surface area contributed by atoms with Crippen molar-refractivity contribution >= 4 is 22.4 Å². The van der Waals surface area contributed by atoms with Crippen LogP contribution in [0, 0.1) is 5.92 Å².